The summed E-state index contributed by atoms with van der Waals surface area (Å²) in [6.45, 7) is 9.11. The van der Waals surface area contributed by atoms with Crippen molar-refractivity contribution in [3.05, 3.63) is 28.5 Å². The minimum Gasteiger partial charge on any atom is -0.444 e. The molecule has 1 atom stereocenters. The number of likely N-dealkylation sites (tertiary alicyclic amines) is 1. The van der Waals surface area contributed by atoms with Crippen molar-refractivity contribution in [1.82, 2.24) is 9.88 Å². The zero-order valence-electron chi connectivity index (χ0n) is 13.1. The van der Waals surface area contributed by atoms with Crippen molar-refractivity contribution in [2.24, 2.45) is 5.92 Å². The average molecular weight is 311 g/mol. The summed E-state index contributed by atoms with van der Waals surface area (Å²) in [4.78, 5) is 18.0. The van der Waals surface area contributed by atoms with Crippen molar-refractivity contribution in [2.75, 3.05) is 13.1 Å². The van der Waals surface area contributed by atoms with E-state index >= 15 is 0 Å². The summed E-state index contributed by atoms with van der Waals surface area (Å²) in [7, 11) is 0. The van der Waals surface area contributed by atoms with Crippen LogP contribution in [-0.4, -0.2) is 34.7 Å². The lowest BCUT2D eigenvalue weighted by molar-refractivity contribution is 0.0288. The third-order valence-corrected chi connectivity index (χ3v) is 3.64. The van der Waals surface area contributed by atoms with Gasteiger partial charge in [-0.15, -0.1) is 0 Å². The van der Waals surface area contributed by atoms with E-state index in [0.29, 0.717) is 11.1 Å². The van der Waals surface area contributed by atoms with Crippen molar-refractivity contribution < 1.29 is 9.53 Å². The lowest BCUT2D eigenvalue weighted by Gasteiger charge is -2.24. The molecule has 0 saturated carbocycles. The molecule has 0 aliphatic carbocycles. The molecule has 2 rings (SSSR count). The van der Waals surface area contributed by atoms with Crippen LogP contribution in [0.2, 0.25) is 5.15 Å². The van der Waals surface area contributed by atoms with Crippen LogP contribution in [0.15, 0.2) is 12.1 Å². The molecule has 1 aromatic heterocycles. The highest BCUT2D eigenvalue weighted by molar-refractivity contribution is 6.29. The fourth-order valence-electron chi connectivity index (χ4n) is 2.64. The van der Waals surface area contributed by atoms with Crippen molar-refractivity contribution >= 4 is 17.7 Å². The molecule has 0 radical (unpaired) electrons. The molecule has 0 unspecified atom stereocenters. The van der Waals surface area contributed by atoms with Crippen molar-refractivity contribution in [3.63, 3.8) is 0 Å². The minimum atomic E-state index is -0.440. The third kappa shape index (κ3) is 4.88. The van der Waals surface area contributed by atoms with Crippen LogP contribution >= 0.6 is 11.6 Å². The predicted octanol–water partition coefficient (Wildman–Crippen LogP) is 3.84. The molecule has 1 saturated heterocycles. The summed E-state index contributed by atoms with van der Waals surface area (Å²) in [5.41, 5.74) is 1.67. The molecular weight excluding hydrogens is 288 g/mol. The van der Waals surface area contributed by atoms with Crippen molar-refractivity contribution in [1.29, 1.82) is 0 Å². The van der Waals surface area contributed by atoms with Gasteiger partial charge in [-0.3, -0.25) is 0 Å². The fraction of sp³-hybridized carbons (Fsp3) is 0.625. The van der Waals surface area contributed by atoms with E-state index in [2.05, 4.69) is 11.1 Å². The number of halogens is 1. The van der Waals surface area contributed by atoms with Gasteiger partial charge in [0.05, 0.1) is 0 Å². The molecule has 0 bridgehead atoms. The van der Waals surface area contributed by atoms with Gasteiger partial charge >= 0.3 is 6.09 Å². The standard InChI is InChI=1S/C16H23ClN2O2/c1-11-7-13(9-14(17)18-11)8-12-5-6-19(10-12)15(20)21-16(2,3)4/h7,9,12H,5-6,8,10H2,1-4H3/t12-/m1/s1. The maximum atomic E-state index is 12.0. The Morgan fingerprint density at radius 3 is 2.81 bits per heavy atom. The summed E-state index contributed by atoms with van der Waals surface area (Å²) in [6, 6.07) is 3.96. The molecule has 4 nitrogen and oxygen atoms in total. The van der Waals surface area contributed by atoms with Gasteiger partial charge in [0.15, 0.2) is 0 Å². The largest absolute Gasteiger partial charge is 0.444 e. The Kier molecular flexibility index (Phi) is 4.77. The van der Waals surface area contributed by atoms with Gasteiger partial charge < -0.3 is 9.64 Å². The lowest BCUT2D eigenvalue weighted by atomic mass is 9.99. The van der Waals surface area contributed by atoms with Gasteiger partial charge in [0.1, 0.15) is 10.8 Å². The van der Waals surface area contributed by atoms with Crippen LogP contribution in [0.1, 0.15) is 38.4 Å². The molecule has 5 heteroatoms. The first-order chi connectivity index (χ1) is 9.73. The van der Waals surface area contributed by atoms with Crippen LogP contribution in [0.5, 0.6) is 0 Å². The molecule has 1 aromatic rings. The molecule has 0 aromatic carbocycles. The van der Waals surface area contributed by atoms with E-state index in [-0.39, 0.29) is 6.09 Å². The van der Waals surface area contributed by atoms with E-state index in [1.807, 2.05) is 33.8 Å². The van der Waals surface area contributed by atoms with Gasteiger partial charge in [0.2, 0.25) is 0 Å². The molecular formula is C16H23ClN2O2. The smallest absolute Gasteiger partial charge is 0.410 e. The van der Waals surface area contributed by atoms with Gasteiger partial charge in [0, 0.05) is 18.8 Å². The van der Waals surface area contributed by atoms with Gasteiger partial charge in [-0.2, -0.15) is 0 Å². The second-order valence-electron chi connectivity index (χ2n) is 6.72. The van der Waals surface area contributed by atoms with E-state index in [0.717, 1.165) is 31.6 Å². The van der Waals surface area contributed by atoms with E-state index in [1.54, 1.807) is 4.90 Å². The monoisotopic (exact) mass is 310 g/mol. The van der Waals surface area contributed by atoms with Crippen LogP contribution in [0.25, 0.3) is 0 Å². The zero-order valence-corrected chi connectivity index (χ0v) is 13.9. The first-order valence-electron chi connectivity index (χ1n) is 7.34. The Bertz CT molecular complexity index is 505. The highest BCUT2D eigenvalue weighted by Crippen LogP contribution is 2.24. The number of rotatable bonds is 2. The zero-order chi connectivity index (χ0) is 15.6. The van der Waals surface area contributed by atoms with Crippen LogP contribution in [0.3, 0.4) is 0 Å². The number of nitrogens with zero attached hydrogens (tertiary/aromatic N) is 2. The molecule has 116 valence electrons. The summed E-state index contributed by atoms with van der Waals surface area (Å²) in [6.07, 6.45) is 1.70. The Hall–Kier alpha value is -1.29. The normalized spacial score (nSPS) is 18.9. The van der Waals surface area contributed by atoms with Crippen LogP contribution in [0.4, 0.5) is 4.79 Å². The topological polar surface area (TPSA) is 42.4 Å². The Morgan fingerprint density at radius 2 is 2.19 bits per heavy atom. The number of carbonyl (C=O) groups is 1. The van der Waals surface area contributed by atoms with E-state index in [9.17, 15) is 4.79 Å². The number of hydrogen-bond donors (Lipinski definition) is 0. The number of ether oxygens (including phenoxy) is 1. The summed E-state index contributed by atoms with van der Waals surface area (Å²) < 4.78 is 5.41. The maximum Gasteiger partial charge on any atom is 0.410 e. The number of aromatic nitrogens is 1. The SMILES string of the molecule is Cc1cc(C[C@H]2CCN(C(=O)OC(C)(C)C)C2)cc(Cl)n1. The molecule has 21 heavy (non-hydrogen) atoms. The van der Waals surface area contributed by atoms with Crippen molar-refractivity contribution in [3.8, 4) is 0 Å². The molecule has 1 aliphatic rings. The van der Waals surface area contributed by atoms with E-state index in [1.165, 1.54) is 5.56 Å². The van der Waals surface area contributed by atoms with E-state index in [4.69, 9.17) is 16.3 Å². The third-order valence-electron chi connectivity index (χ3n) is 3.44. The van der Waals surface area contributed by atoms with Gasteiger partial charge in [-0.05, 0) is 64.2 Å². The van der Waals surface area contributed by atoms with Crippen LogP contribution < -0.4 is 0 Å². The van der Waals surface area contributed by atoms with Gasteiger partial charge in [-0.25, -0.2) is 9.78 Å². The fourth-order valence-corrected chi connectivity index (χ4v) is 2.91. The van der Waals surface area contributed by atoms with Crippen molar-refractivity contribution in [2.45, 2.75) is 46.1 Å². The Balaban J connectivity index is 1.92. The molecule has 1 aliphatic heterocycles. The Labute approximate surface area is 131 Å². The minimum absolute atomic E-state index is 0.214. The molecule has 0 N–H and O–H groups in total. The number of amides is 1. The second-order valence-corrected chi connectivity index (χ2v) is 7.11. The lowest BCUT2D eigenvalue weighted by Crippen LogP contribution is -2.35. The second kappa shape index (κ2) is 6.22. The first kappa shape index (κ1) is 16.1. The average Bonchev–Trinajstić information content (AvgIpc) is 2.73. The highest BCUT2D eigenvalue weighted by atomic mass is 35.5. The van der Waals surface area contributed by atoms with Crippen LogP contribution in [-0.2, 0) is 11.2 Å². The van der Waals surface area contributed by atoms with Gasteiger partial charge in [-0.1, -0.05) is 11.6 Å². The van der Waals surface area contributed by atoms with Gasteiger partial charge in [0.25, 0.3) is 0 Å². The quantitative estimate of drug-likeness (QED) is 0.779. The molecule has 1 fully saturated rings. The Morgan fingerprint density at radius 1 is 1.48 bits per heavy atom. The van der Waals surface area contributed by atoms with Crippen LogP contribution in [0, 0.1) is 12.8 Å². The van der Waals surface area contributed by atoms with E-state index < -0.39 is 5.60 Å². The number of pyridine rings is 1. The molecule has 1 amide bonds. The summed E-state index contributed by atoms with van der Waals surface area (Å²) in [5, 5.41) is 0.534. The first-order valence-corrected chi connectivity index (χ1v) is 7.72. The number of aryl methyl sites for hydroxylation is 1. The predicted molar refractivity (Wildman–Crippen MR) is 83.6 cm³/mol. The number of hydrogen-bond acceptors (Lipinski definition) is 3. The number of carbonyl (C=O) groups excluding carboxylic acids is 1. The molecule has 2 heterocycles. The summed E-state index contributed by atoms with van der Waals surface area (Å²) in [5.74, 6) is 0.454. The summed E-state index contributed by atoms with van der Waals surface area (Å²) >= 11 is 5.99. The maximum absolute atomic E-state index is 12.0. The highest BCUT2D eigenvalue weighted by Gasteiger charge is 2.29. The molecule has 0 spiro atoms.